The summed E-state index contributed by atoms with van der Waals surface area (Å²) in [5.41, 5.74) is -2.54. The number of ether oxygens (including phenoxy) is 2. The van der Waals surface area contributed by atoms with Crippen LogP contribution < -0.4 is 9.47 Å². The van der Waals surface area contributed by atoms with E-state index in [2.05, 4.69) is 4.74 Å². The molecular weight excluding hydrogens is 357 g/mol. The Morgan fingerprint density at radius 3 is 1.52 bits per heavy atom. The lowest BCUT2D eigenvalue weighted by Crippen LogP contribution is -2.43. The molecule has 0 amide bonds. The third-order valence-electron chi connectivity index (χ3n) is 3.25. The molecule has 2 rings (SSSR count). The highest BCUT2D eigenvalue weighted by molar-refractivity contribution is 5.32. The zero-order chi connectivity index (χ0) is 18.9. The van der Waals surface area contributed by atoms with Gasteiger partial charge in [0.05, 0.1) is 12.7 Å². The number of methoxy groups -OCH3 is 1. The molecule has 0 aliphatic rings. The van der Waals surface area contributed by atoms with Crippen LogP contribution in [0.3, 0.4) is 0 Å². The normalized spacial score (nSPS) is 12.8. The number of hydrogen-bond donors (Lipinski definition) is 0. The summed E-state index contributed by atoms with van der Waals surface area (Å²) in [5, 5.41) is 0. The molecule has 2 nitrogen and oxygen atoms in total. The summed E-state index contributed by atoms with van der Waals surface area (Å²) < 4.78 is 102. The Balaban J connectivity index is 2.25. The lowest BCUT2D eigenvalue weighted by atomic mass is 10.0. The summed E-state index contributed by atoms with van der Waals surface area (Å²) >= 11 is 0. The molecule has 0 fully saturated rings. The standard InChI is InChI=1S/C16H11F7O2/c1-24-12-6-8-13(9-7-12)25-16(22,23)14(17,18)10-2-4-11(5-3-10)15(19,20)21/h2-9H,1H3. The average Bonchev–Trinajstić information content (AvgIpc) is 2.54. The van der Waals surface area contributed by atoms with Crippen molar-refractivity contribution in [1.29, 1.82) is 0 Å². The second kappa shape index (κ2) is 6.45. The minimum Gasteiger partial charge on any atom is -0.497 e. The van der Waals surface area contributed by atoms with E-state index in [1.807, 2.05) is 0 Å². The molecule has 0 N–H and O–H groups in total. The fraction of sp³-hybridized carbons (Fsp3) is 0.250. The van der Waals surface area contributed by atoms with Crippen LogP contribution >= 0.6 is 0 Å². The van der Waals surface area contributed by atoms with Crippen molar-refractivity contribution in [3.05, 3.63) is 59.7 Å². The minimum absolute atomic E-state index is 0.286. The first-order chi connectivity index (χ1) is 11.5. The van der Waals surface area contributed by atoms with Crippen LogP contribution in [0.5, 0.6) is 11.5 Å². The van der Waals surface area contributed by atoms with Crippen LogP contribution in [0.1, 0.15) is 11.1 Å². The average molecular weight is 368 g/mol. The Hall–Kier alpha value is -2.45. The molecule has 0 aromatic heterocycles. The van der Waals surface area contributed by atoms with Gasteiger partial charge in [-0.2, -0.15) is 30.7 Å². The van der Waals surface area contributed by atoms with Crippen molar-refractivity contribution in [3.63, 3.8) is 0 Å². The minimum atomic E-state index is -4.98. The quantitative estimate of drug-likeness (QED) is 0.651. The van der Waals surface area contributed by atoms with E-state index in [0.717, 1.165) is 12.1 Å². The van der Waals surface area contributed by atoms with Gasteiger partial charge in [0.1, 0.15) is 11.5 Å². The monoisotopic (exact) mass is 368 g/mol. The predicted molar refractivity (Wildman–Crippen MR) is 73.9 cm³/mol. The fourth-order valence-electron chi connectivity index (χ4n) is 1.89. The second-order valence-electron chi connectivity index (χ2n) is 4.94. The highest BCUT2D eigenvalue weighted by atomic mass is 19.4. The smallest absolute Gasteiger partial charge is 0.469 e. The van der Waals surface area contributed by atoms with E-state index >= 15 is 0 Å². The molecule has 25 heavy (non-hydrogen) atoms. The van der Waals surface area contributed by atoms with Gasteiger partial charge in [0.15, 0.2) is 0 Å². The van der Waals surface area contributed by atoms with E-state index in [1.54, 1.807) is 0 Å². The number of alkyl halides is 7. The topological polar surface area (TPSA) is 18.5 Å². The van der Waals surface area contributed by atoms with Gasteiger partial charge in [-0.05, 0) is 36.4 Å². The zero-order valence-electron chi connectivity index (χ0n) is 12.6. The first-order valence-electron chi connectivity index (χ1n) is 6.74. The summed E-state index contributed by atoms with van der Waals surface area (Å²) in [4.78, 5) is 0. The van der Waals surface area contributed by atoms with Crippen molar-refractivity contribution in [2.75, 3.05) is 7.11 Å². The van der Waals surface area contributed by atoms with Gasteiger partial charge in [-0.1, -0.05) is 12.1 Å². The molecule has 136 valence electrons. The van der Waals surface area contributed by atoms with E-state index in [4.69, 9.17) is 4.74 Å². The Bertz CT molecular complexity index is 707. The third kappa shape index (κ3) is 3.97. The highest BCUT2D eigenvalue weighted by Gasteiger charge is 2.60. The van der Waals surface area contributed by atoms with Crippen LogP contribution in [0.2, 0.25) is 0 Å². The van der Waals surface area contributed by atoms with Gasteiger partial charge in [-0.25, -0.2) is 0 Å². The summed E-state index contributed by atoms with van der Waals surface area (Å²) in [6.07, 6.45) is -9.75. The SMILES string of the molecule is COc1ccc(OC(F)(F)C(F)(F)c2ccc(C(F)(F)F)cc2)cc1. The van der Waals surface area contributed by atoms with Crippen LogP contribution in [-0.2, 0) is 12.1 Å². The molecule has 0 aliphatic heterocycles. The Morgan fingerprint density at radius 1 is 0.640 bits per heavy atom. The predicted octanol–water partition coefficient (Wildman–Crippen LogP) is 5.48. The molecule has 0 atom stereocenters. The molecule has 0 aliphatic carbocycles. The maximum Gasteiger partial charge on any atom is 0.469 e. The first kappa shape index (κ1) is 18.9. The number of rotatable bonds is 5. The molecule has 2 aromatic carbocycles. The van der Waals surface area contributed by atoms with E-state index in [-0.39, 0.29) is 12.1 Å². The molecule has 0 saturated heterocycles. The van der Waals surface area contributed by atoms with Crippen molar-refractivity contribution in [2.45, 2.75) is 18.2 Å². The van der Waals surface area contributed by atoms with Gasteiger partial charge >= 0.3 is 18.2 Å². The molecule has 0 saturated carbocycles. The number of hydrogen-bond acceptors (Lipinski definition) is 2. The van der Waals surface area contributed by atoms with Crippen molar-refractivity contribution in [2.24, 2.45) is 0 Å². The molecule has 0 heterocycles. The van der Waals surface area contributed by atoms with E-state index in [1.165, 1.54) is 19.2 Å². The summed E-state index contributed by atoms with van der Waals surface area (Å²) in [6, 6.07) is 5.61. The van der Waals surface area contributed by atoms with Crippen LogP contribution in [0.25, 0.3) is 0 Å². The first-order valence-corrected chi connectivity index (χ1v) is 6.74. The molecule has 0 bridgehead atoms. The van der Waals surface area contributed by atoms with Crippen molar-refractivity contribution in [3.8, 4) is 11.5 Å². The van der Waals surface area contributed by atoms with Crippen LogP contribution in [-0.4, -0.2) is 13.2 Å². The molecule has 0 spiro atoms. The number of halogens is 7. The fourth-order valence-corrected chi connectivity index (χ4v) is 1.89. The van der Waals surface area contributed by atoms with Crippen molar-refractivity contribution >= 4 is 0 Å². The largest absolute Gasteiger partial charge is 0.497 e. The molecule has 0 radical (unpaired) electrons. The lowest BCUT2D eigenvalue weighted by molar-refractivity contribution is -0.316. The Labute approximate surface area is 137 Å². The van der Waals surface area contributed by atoms with Gasteiger partial charge in [0.2, 0.25) is 0 Å². The molecule has 2 aromatic rings. The van der Waals surface area contributed by atoms with Gasteiger partial charge in [-0.3, -0.25) is 0 Å². The van der Waals surface area contributed by atoms with Gasteiger partial charge in [0.25, 0.3) is 0 Å². The molecular formula is C16H11F7O2. The van der Waals surface area contributed by atoms with Crippen molar-refractivity contribution < 1.29 is 40.2 Å². The highest BCUT2D eigenvalue weighted by Crippen LogP contribution is 2.44. The maximum absolute atomic E-state index is 14.0. The van der Waals surface area contributed by atoms with Gasteiger partial charge in [-0.15, -0.1) is 0 Å². The summed E-state index contributed by atoms with van der Waals surface area (Å²) in [7, 11) is 1.32. The molecule has 0 unspecified atom stereocenters. The third-order valence-corrected chi connectivity index (χ3v) is 3.25. The number of benzene rings is 2. The van der Waals surface area contributed by atoms with E-state index in [9.17, 15) is 30.7 Å². The Morgan fingerprint density at radius 2 is 1.08 bits per heavy atom. The molecule has 9 heteroatoms. The van der Waals surface area contributed by atoms with Crippen LogP contribution in [0.4, 0.5) is 30.7 Å². The summed E-state index contributed by atoms with van der Waals surface area (Å²) in [5.74, 6) is -5.11. The maximum atomic E-state index is 14.0. The van der Waals surface area contributed by atoms with E-state index < -0.39 is 35.1 Å². The second-order valence-corrected chi connectivity index (χ2v) is 4.94. The van der Waals surface area contributed by atoms with Crippen molar-refractivity contribution in [1.82, 2.24) is 0 Å². The zero-order valence-corrected chi connectivity index (χ0v) is 12.6. The summed E-state index contributed by atoms with van der Waals surface area (Å²) in [6.45, 7) is 0. The van der Waals surface area contributed by atoms with Crippen LogP contribution in [0, 0.1) is 0 Å². The Kier molecular flexibility index (Phi) is 4.87. The van der Waals surface area contributed by atoms with E-state index in [0.29, 0.717) is 17.9 Å². The van der Waals surface area contributed by atoms with Crippen LogP contribution in [0.15, 0.2) is 48.5 Å². The lowest BCUT2D eigenvalue weighted by Gasteiger charge is -2.27. The van der Waals surface area contributed by atoms with Gasteiger partial charge < -0.3 is 9.47 Å². The van der Waals surface area contributed by atoms with Gasteiger partial charge in [0, 0.05) is 5.56 Å².